The first-order valence-corrected chi connectivity index (χ1v) is 0.707. The molecule has 5 heavy (non-hydrogen) atoms. The molecular weight excluding hydrogens is 86.1 g/mol. The minimum absolute atomic E-state index is 0. The van der Waals surface area contributed by atoms with Gasteiger partial charge in [-0.2, -0.15) is 5.90 Å². The van der Waals surface area contributed by atoms with Gasteiger partial charge in [0, 0.05) is 0 Å². The Balaban J connectivity index is 0. The Morgan fingerprint density at radius 3 is 2.00 bits per heavy atom. The molecule has 0 aliphatic heterocycles. The lowest BCUT2D eigenvalue weighted by molar-refractivity contribution is -0.129. The minimum atomic E-state index is 0. The fourth-order valence-corrected chi connectivity index (χ4v) is 0. The summed E-state index contributed by atoms with van der Waals surface area (Å²) in [6.07, 6.45) is 0. The Morgan fingerprint density at radius 1 is 1.80 bits per heavy atom. The number of hydrogen-bond donors (Lipinski definition) is 1. The van der Waals surface area contributed by atoms with Gasteiger partial charge >= 0.3 is 6.47 Å². The van der Waals surface area contributed by atoms with E-state index in [1.807, 2.05) is 0 Å². The van der Waals surface area contributed by atoms with E-state index in [0.717, 1.165) is 0 Å². The average molecular weight is 93.2 g/mol. The van der Waals surface area contributed by atoms with Gasteiger partial charge in [-0.05, 0) is 11.0 Å². The predicted octanol–water partition coefficient (Wildman–Crippen LogP) is -2.42. The van der Waals surface area contributed by atoms with Crippen molar-refractivity contribution in [2.45, 2.75) is 0 Å². The van der Waals surface area contributed by atoms with Crippen molar-refractivity contribution in [2.24, 2.45) is 5.90 Å². The molecule has 32 valence electrons. The van der Waals surface area contributed by atoms with E-state index < -0.39 is 0 Å². The zero-order chi connectivity index (χ0) is 3.41. The maximum atomic E-state index is 8.83. The highest BCUT2D eigenvalue weighted by Gasteiger charge is 1.44. The van der Waals surface area contributed by atoms with Gasteiger partial charge in [-0.1, -0.05) is 0 Å². The SMILES string of the molecule is NOC=O.[SiH4]. The van der Waals surface area contributed by atoms with Crippen molar-refractivity contribution in [3.63, 3.8) is 0 Å². The summed E-state index contributed by atoms with van der Waals surface area (Å²) >= 11 is 0. The van der Waals surface area contributed by atoms with E-state index in [2.05, 4.69) is 10.7 Å². The fraction of sp³-hybridized carbons (Fsp3) is 0. The van der Waals surface area contributed by atoms with Gasteiger partial charge in [-0.15, -0.1) is 0 Å². The summed E-state index contributed by atoms with van der Waals surface area (Å²) in [5.74, 6) is 4.16. The molecule has 0 saturated heterocycles. The first-order valence-electron chi connectivity index (χ1n) is 0.707. The van der Waals surface area contributed by atoms with E-state index in [1.165, 1.54) is 0 Å². The number of nitrogens with two attached hydrogens (primary N) is 1. The van der Waals surface area contributed by atoms with Crippen molar-refractivity contribution in [2.75, 3.05) is 0 Å². The smallest absolute Gasteiger partial charge is 0.312 e. The van der Waals surface area contributed by atoms with Crippen LogP contribution in [0.4, 0.5) is 0 Å². The molecular formula is CH7NO2Si. The quantitative estimate of drug-likeness (QED) is 0.223. The van der Waals surface area contributed by atoms with Crippen molar-refractivity contribution < 1.29 is 9.63 Å². The van der Waals surface area contributed by atoms with Crippen LogP contribution in [-0.2, 0) is 9.63 Å². The number of rotatable bonds is 1. The molecule has 0 bridgehead atoms. The van der Waals surface area contributed by atoms with Crippen molar-refractivity contribution in [3.05, 3.63) is 0 Å². The molecule has 0 saturated carbocycles. The molecule has 0 heterocycles. The normalized spacial score (nSPS) is 4.20. The second-order valence-corrected chi connectivity index (χ2v) is 0.232. The first kappa shape index (κ1) is 8.82. The van der Waals surface area contributed by atoms with Crippen molar-refractivity contribution in [3.8, 4) is 0 Å². The number of carbonyl (C=O) groups is 1. The van der Waals surface area contributed by atoms with Crippen molar-refractivity contribution in [1.29, 1.82) is 0 Å². The molecule has 0 aromatic heterocycles. The Labute approximate surface area is 34.1 Å². The van der Waals surface area contributed by atoms with Crippen LogP contribution in [0.5, 0.6) is 0 Å². The summed E-state index contributed by atoms with van der Waals surface area (Å²) < 4.78 is 0. The van der Waals surface area contributed by atoms with Gasteiger partial charge < -0.3 is 4.84 Å². The highest BCUT2D eigenvalue weighted by molar-refractivity contribution is 5.75. The maximum absolute atomic E-state index is 8.83. The van der Waals surface area contributed by atoms with Gasteiger partial charge in [-0.25, -0.2) is 0 Å². The second-order valence-electron chi connectivity index (χ2n) is 0.232. The third-order valence-electron chi connectivity index (χ3n) is 0.0556. The van der Waals surface area contributed by atoms with E-state index in [-0.39, 0.29) is 17.4 Å². The Kier molecular flexibility index (Phi) is 16.6. The van der Waals surface area contributed by atoms with Gasteiger partial charge in [0.05, 0.1) is 0 Å². The molecule has 0 aromatic rings. The Hall–Kier alpha value is -0.353. The third kappa shape index (κ3) is 23.6. The van der Waals surface area contributed by atoms with Crippen LogP contribution < -0.4 is 5.90 Å². The molecule has 0 amide bonds. The van der Waals surface area contributed by atoms with Gasteiger partial charge in [0.2, 0.25) is 0 Å². The van der Waals surface area contributed by atoms with E-state index in [1.54, 1.807) is 0 Å². The van der Waals surface area contributed by atoms with E-state index in [4.69, 9.17) is 4.79 Å². The van der Waals surface area contributed by atoms with Crippen molar-refractivity contribution >= 4 is 17.4 Å². The van der Waals surface area contributed by atoms with Crippen molar-refractivity contribution in [1.82, 2.24) is 0 Å². The monoisotopic (exact) mass is 93.0 g/mol. The summed E-state index contributed by atoms with van der Waals surface area (Å²) in [6, 6.07) is 0. The van der Waals surface area contributed by atoms with Crippen LogP contribution in [0.3, 0.4) is 0 Å². The number of carbonyl (C=O) groups excluding carboxylic acids is 1. The van der Waals surface area contributed by atoms with Crippen LogP contribution in [0.15, 0.2) is 0 Å². The largest absolute Gasteiger partial charge is 0.376 e. The molecule has 0 radical (unpaired) electrons. The highest BCUT2D eigenvalue weighted by atomic mass is 28.1. The molecule has 0 atom stereocenters. The Bertz CT molecular complexity index is 23.6. The van der Waals surface area contributed by atoms with E-state index in [9.17, 15) is 0 Å². The maximum Gasteiger partial charge on any atom is 0.312 e. The summed E-state index contributed by atoms with van der Waals surface area (Å²) in [7, 11) is 0. The lowest BCUT2D eigenvalue weighted by Crippen LogP contribution is -1.92. The van der Waals surface area contributed by atoms with E-state index in [0.29, 0.717) is 0 Å². The molecule has 0 unspecified atom stereocenters. The predicted molar refractivity (Wildman–Crippen MR) is 22.7 cm³/mol. The first-order chi connectivity index (χ1) is 1.91. The molecule has 0 rings (SSSR count). The van der Waals surface area contributed by atoms with Crippen LogP contribution in [0.1, 0.15) is 0 Å². The molecule has 0 fully saturated rings. The summed E-state index contributed by atoms with van der Waals surface area (Å²) in [5.41, 5.74) is 0. The highest BCUT2D eigenvalue weighted by Crippen LogP contribution is 1.24. The standard InChI is InChI=1S/CH3NO2.H4Si/c2-4-1-3;/h1H,2H2;1H4. The molecule has 2 N–H and O–H groups in total. The summed E-state index contributed by atoms with van der Waals surface area (Å²) in [5, 5.41) is 0. The van der Waals surface area contributed by atoms with Crippen LogP contribution in [0.25, 0.3) is 0 Å². The second kappa shape index (κ2) is 9.42. The van der Waals surface area contributed by atoms with Gasteiger partial charge in [0.25, 0.3) is 0 Å². The van der Waals surface area contributed by atoms with Gasteiger partial charge in [0.15, 0.2) is 0 Å². The van der Waals surface area contributed by atoms with Gasteiger partial charge in [-0.3, -0.25) is 4.79 Å². The molecule has 0 aliphatic carbocycles. The molecule has 0 aromatic carbocycles. The molecule has 3 nitrogen and oxygen atoms in total. The van der Waals surface area contributed by atoms with Gasteiger partial charge in [0.1, 0.15) is 0 Å². The summed E-state index contributed by atoms with van der Waals surface area (Å²) in [4.78, 5) is 12.2. The zero-order valence-corrected chi connectivity index (χ0v) is 1.97. The third-order valence-corrected chi connectivity index (χ3v) is 0.0556. The molecule has 4 heteroatoms. The van der Waals surface area contributed by atoms with Crippen LogP contribution in [0.2, 0.25) is 0 Å². The molecule has 0 spiro atoms. The molecule has 0 aliphatic rings. The fourth-order valence-electron chi connectivity index (χ4n) is 0. The number of hydrogen-bond acceptors (Lipinski definition) is 3. The van der Waals surface area contributed by atoms with Crippen LogP contribution in [-0.4, -0.2) is 17.4 Å². The lowest BCUT2D eigenvalue weighted by atomic mass is 11.6. The van der Waals surface area contributed by atoms with Crippen LogP contribution >= 0.6 is 0 Å². The zero-order valence-electron chi connectivity index (χ0n) is 1.97. The van der Waals surface area contributed by atoms with E-state index >= 15 is 0 Å². The Morgan fingerprint density at radius 2 is 2.00 bits per heavy atom. The summed E-state index contributed by atoms with van der Waals surface area (Å²) in [6.45, 7) is 0.153. The average Bonchev–Trinajstić information content (AvgIpc) is 1.37. The van der Waals surface area contributed by atoms with Crippen LogP contribution in [0, 0.1) is 0 Å². The lowest BCUT2D eigenvalue weighted by Gasteiger charge is -1.66. The topological polar surface area (TPSA) is 52.3 Å². The minimum Gasteiger partial charge on any atom is -0.376 e.